The zero-order chi connectivity index (χ0) is 45.6. The molecule has 2 aliphatic carbocycles. The predicted octanol–water partition coefficient (Wildman–Crippen LogP) is 5.57. The Morgan fingerprint density at radius 2 is 1.72 bits per heavy atom. The van der Waals surface area contributed by atoms with Crippen LogP contribution in [0.15, 0.2) is 97.6 Å². The second kappa shape index (κ2) is 17.4. The number of benzene rings is 3. The van der Waals surface area contributed by atoms with Gasteiger partial charge in [0.05, 0.1) is 42.1 Å². The molecule has 4 aliphatic rings. The SMILES string of the molecule is C=CC1CC1(NC(=O)[C@@H]1C[C@@H](Oc2cc(-c3ccccc3)nc3cc(OC)ccc23)CN1C(=O)C[C@H](C(=O)N1C(=O)OC[C@@H]1Cc1ccccc1)C(C)(C)C)C(=O)NS(=O)(=O)C1CC1. The molecule has 0 bridgehead atoms. The van der Waals surface area contributed by atoms with E-state index in [4.69, 9.17) is 19.2 Å². The molecule has 5 amide bonds. The van der Waals surface area contributed by atoms with Crippen LogP contribution < -0.4 is 19.5 Å². The van der Waals surface area contributed by atoms with Gasteiger partial charge in [0.1, 0.15) is 35.8 Å². The van der Waals surface area contributed by atoms with Crippen LogP contribution in [0.3, 0.4) is 0 Å². The lowest BCUT2D eigenvalue weighted by atomic mass is 9.77. The quantitative estimate of drug-likeness (QED) is 0.142. The number of imide groups is 1. The summed E-state index contributed by atoms with van der Waals surface area (Å²) in [6.45, 7) is 9.16. The van der Waals surface area contributed by atoms with Crippen LogP contribution in [-0.2, 0) is 40.4 Å². The lowest BCUT2D eigenvalue weighted by Gasteiger charge is -2.34. The zero-order valence-corrected chi connectivity index (χ0v) is 37.1. The summed E-state index contributed by atoms with van der Waals surface area (Å²) < 4.78 is 45.5. The Balaban J connectivity index is 1.10. The largest absolute Gasteiger partial charge is 0.497 e. The number of ether oxygens (including phenoxy) is 3. The van der Waals surface area contributed by atoms with Crippen LogP contribution in [-0.4, -0.2) is 102 Å². The van der Waals surface area contributed by atoms with E-state index in [1.165, 1.54) is 11.0 Å². The van der Waals surface area contributed by atoms with Crippen LogP contribution in [0.25, 0.3) is 22.2 Å². The zero-order valence-electron chi connectivity index (χ0n) is 36.3. The van der Waals surface area contributed by atoms with Gasteiger partial charge in [-0.2, -0.15) is 0 Å². The van der Waals surface area contributed by atoms with Crippen LogP contribution in [0.4, 0.5) is 4.79 Å². The molecule has 0 radical (unpaired) electrons. The Hall–Kier alpha value is -6.29. The van der Waals surface area contributed by atoms with Gasteiger partial charge in [-0.25, -0.2) is 23.1 Å². The van der Waals surface area contributed by atoms with Crippen molar-refractivity contribution in [2.24, 2.45) is 17.3 Å². The molecule has 15 nitrogen and oxygen atoms in total. The molecule has 4 aromatic rings. The van der Waals surface area contributed by atoms with E-state index in [-0.39, 0.29) is 32.4 Å². The van der Waals surface area contributed by atoms with Gasteiger partial charge in [-0.05, 0) is 48.8 Å². The summed E-state index contributed by atoms with van der Waals surface area (Å²) in [5.74, 6) is -3.22. The minimum Gasteiger partial charge on any atom is -0.497 e. The Labute approximate surface area is 372 Å². The van der Waals surface area contributed by atoms with E-state index < -0.39 is 86.0 Å². The second-order valence-corrected chi connectivity index (χ2v) is 20.2. The van der Waals surface area contributed by atoms with Crippen LogP contribution in [0.1, 0.15) is 58.4 Å². The number of carbonyl (C=O) groups excluding carboxylic acids is 5. The number of sulfonamides is 1. The summed E-state index contributed by atoms with van der Waals surface area (Å²) in [5.41, 5.74) is 0.515. The van der Waals surface area contributed by atoms with Gasteiger partial charge in [0.15, 0.2) is 0 Å². The van der Waals surface area contributed by atoms with Crippen molar-refractivity contribution >= 4 is 50.6 Å². The van der Waals surface area contributed by atoms with E-state index in [0.717, 1.165) is 16.0 Å². The Morgan fingerprint density at radius 1 is 1.02 bits per heavy atom. The van der Waals surface area contributed by atoms with Gasteiger partial charge < -0.3 is 24.4 Å². The highest BCUT2D eigenvalue weighted by atomic mass is 32.2. The van der Waals surface area contributed by atoms with Crippen molar-refractivity contribution < 1.29 is 46.6 Å². The Kier molecular flexibility index (Phi) is 12.0. The lowest BCUT2D eigenvalue weighted by Crippen LogP contribution is -2.57. The summed E-state index contributed by atoms with van der Waals surface area (Å²) in [6.07, 6.45) is 0.911. The average molecular weight is 892 g/mol. The average Bonchev–Trinajstić information content (AvgIpc) is 4.18. The lowest BCUT2D eigenvalue weighted by molar-refractivity contribution is -0.146. The number of hydrogen-bond acceptors (Lipinski definition) is 11. The number of hydrogen-bond donors (Lipinski definition) is 2. The highest BCUT2D eigenvalue weighted by Gasteiger charge is 2.62. The molecule has 0 spiro atoms. The number of aromatic nitrogens is 1. The molecule has 6 atom stereocenters. The summed E-state index contributed by atoms with van der Waals surface area (Å²) in [5, 5.41) is 2.81. The predicted molar refractivity (Wildman–Crippen MR) is 237 cm³/mol. The van der Waals surface area contributed by atoms with Gasteiger partial charge in [-0.1, -0.05) is 87.5 Å². The van der Waals surface area contributed by atoms with Gasteiger partial charge in [-0.15, -0.1) is 6.58 Å². The molecule has 2 unspecified atom stereocenters. The number of nitrogens with one attached hydrogen (secondary N) is 2. The summed E-state index contributed by atoms with van der Waals surface area (Å²) >= 11 is 0. The topological polar surface area (TPSA) is 191 Å². The summed E-state index contributed by atoms with van der Waals surface area (Å²) in [6, 6.07) is 24.4. The molecule has 336 valence electrons. The molecular weight excluding hydrogens is 839 g/mol. The second-order valence-electron chi connectivity index (χ2n) is 18.2. The number of rotatable bonds is 15. The van der Waals surface area contributed by atoms with Gasteiger partial charge in [0, 0.05) is 41.8 Å². The Bertz CT molecular complexity index is 2600. The van der Waals surface area contributed by atoms with Crippen molar-refractivity contribution in [1.29, 1.82) is 0 Å². The highest BCUT2D eigenvalue weighted by molar-refractivity contribution is 7.91. The van der Waals surface area contributed by atoms with Crippen LogP contribution in [0.5, 0.6) is 11.5 Å². The van der Waals surface area contributed by atoms with Crippen LogP contribution in [0.2, 0.25) is 0 Å². The fourth-order valence-corrected chi connectivity index (χ4v) is 10.1. The Morgan fingerprint density at radius 3 is 2.36 bits per heavy atom. The van der Waals surface area contributed by atoms with Crippen LogP contribution >= 0.6 is 0 Å². The number of pyridine rings is 1. The van der Waals surface area contributed by atoms with Gasteiger partial charge in [0.25, 0.3) is 5.91 Å². The molecule has 3 aromatic carbocycles. The number of methoxy groups -OCH3 is 1. The molecule has 16 heteroatoms. The van der Waals surface area contributed by atoms with E-state index in [2.05, 4.69) is 16.6 Å². The third-order valence-corrected chi connectivity index (χ3v) is 14.5. The number of nitrogens with zero attached hydrogens (tertiary/aromatic N) is 3. The third-order valence-electron chi connectivity index (χ3n) is 12.7. The highest BCUT2D eigenvalue weighted by Crippen LogP contribution is 2.46. The summed E-state index contributed by atoms with van der Waals surface area (Å²) in [4.78, 5) is 78.2. The van der Waals surface area contributed by atoms with Gasteiger partial charge in [-0.3, -0.25) is 23.9 Å². The minimum atomic E-state index is -3.95. The molecule has 1 aromatic heterocycles. The van der Waals surface area contributed by atoms with Crippen LogP contribution in [0, 0.1) is 17.3 Å². The maximum atomic E-state index is 14.8. The number of carbonyl (C=O) groups is 5. The van der Waals surface area contributed by atoms with E-state index in [9.17, 15) is 32.4 Å². The molecule has 2 N–H and O–H groups in total. The van der Waals surface area contributed by atoms with Gasteiger partial charge >= 0.3 is 6.09 Å². The maximum Gasteiger partial charge on any atom is 0.416 e. The van der Waals surface area contributed by atoms with Crippen molar-refractivity contribution in [2.45, 2.75) is 88.3 Å². The number of likely N-dealkylation sites (tertiary alicyclic amines) is 1. The van der Waals surface area contributed by atoms with E-state index in [1.54, 1.807) is 25.3 Å². The van der Waals surface area contributed by atoms with E-state index in [0.29, 0.717) is 47.4 Å². The van der Waals surface area contributed by atoms with Crippen molar-refractivity contribution in [3.8, 4) is 22.8 Å². The number of amides is 5. The smallest absolute Gasteiger partial charge is 0.416 e. The van der Waals surface area contributed by atoms with Gasteiger partial charge in [0.2, 0.25) is 27.7 Å². The molecule has 4 fully saturated rings. The van der Waals surface area contributed by atoms with Crippen molar-refractivity contribution in [2.75, 3.05) is 20.3 Å². The van der Waals surface area contributed by atoms with Crippen molar-refractivity contribution in [3.63, 3.8) is 0 Å². The third kappa shape index (κ3) is 9.05. The molecule has 3 heterocycles. The maximum absolute atomic E-state index is 14.8. The number of cyclic esters (lactones) is 1. The first-order valence-corrected chi connectivity index (χ1v) is 23.1. The first-order valence-electron chi connectivity index (χ1n) is 21.6. The first-order chi connectivity index (χ1) is 30.5. The standard InChI is InChI=1S/C48H53N5O10S/c1-6-31-26-48(31,45(57)51-64(59,60)35-18-19-35)50-43(55)40-23-34(63-41-25-38(30-15-11-8-12-16-30)49-39-22-33(61-5)17-20-36(39)41)27-52(40)42(54)24-37(47(2,3)4)44(56)53-32(28-62-46(53)58)21-29-13-9-7-10-14-29/h6-17,20,22,25,31-32,34-35,37,40H,1,18-19,21,23-24,26-28H2,2-5H3,(H,50,55)(H,51,57)/t31?,32-,34+,37+,40-,48?/m0/s1. The normalized spacial score (nSPS) is 23.5. The molecule has 2 saturated carbocycles. The van der Waals surface area contributed by atoms with E-state index in [1.807, 2.05) is 87.5 Å². The fourth-order valence-electron chi connectivity index (χ4n) is 8.75. The molecule has 8 rings (SSSR count). The van der Waals surface area contributed by atoms with Crippen molar-refractivity contribution in [3.05, 3.63) is 103 Å². The van der Waals surface area contributed by atoms with E-state index >= 15 is 0 Å². The molecule has 2 aliphatic heterocycles. The van der Waals surface area contributed by atoms with Crippen molar-refractivity contribution in [1.82, 2.24) is 24.8 Å². The molecule has 64 heavy (non-hydrogen) atoms. The molecule has 2 saturated heterocycles. The summed E-state index contributed by atoms with van der Waals surface area (Å²) in [7, 11) is -2.39. The minimum absolute atomic E-state index is 0.00308. The fraction of sp³-hybridized carbons (Fsp3) is 0.417. The number of fused-ring (bicyclic) bond motifs is 1. The molecular formula is C48H53N5O10S. The monoisotopic (exact) mass is 891 g/mol. The first kappa shape index (κ1) is 44.3.